The molecule has 2 heterocycles. The van der Waals surface area contributed by atoms with Crippen LogP contribution in [0.15, 0.2) is 59.0 Å². The van der Waals surface area contributed by atoms with Crippen molar-refractivity contribution in [3.63, 3.8) is 0 Å². The number of carbonyl (C=O) groups is 1. The molecular formula is C25H30N4O2. The van der Waals surface area contributed by atoms with Crippen LogP contribution in [0.5, 0.6) is 0 Å². The van der Waals surface area contributed by atoms with Gasteiger partial charge in [-0.25, -0.2) is 9.78 Å². The number of oxazole rings is 1. The second kappa shape index (κ2) is 9.79. The van der Waals surface area contributed by atoms with Crippen LogP contribution in [0.2, 0.25) is 0 Å². The van der Waals surface area contributed by atoms with Gasteiger partial charge in [0.25, 0.3) is 0 Å². The number of nitrogens with one attached hydrogen (secondary N) is 1. The summed E-state index contributed by atoms with van der Waals surface area (Å²) in [5, 5.41) is 3.04. The maximum atomic E-state index is 12.5. The van der Waals surface area contributed by atoms with Gasteiger partial charge in [0.2, 0.25) is 5.89 Å². The van der Waals surface area contributed by atoms with Crippen LogP contribution in [0, 0.1) is 13.8 Å². The number of nitrogens with zero attached hydrogens (tertiary/aromatic N) is 3. The van der Waals surface area contributed by atoms with E-state index in [-0.39, 0.29) is 6.03 Å². The van der Waals surface area contributed by atoms with Crippen LogP contribution in [0.1, 0.15) is 22.6 Å². The Morgan fingerprint density at radius 2 is 1.71 bits per heavy atom. The zero-order valence-electron chi connectivity index (χ0n) is 18.3. The fraction of sp³-hybridized carbons (Fsp3) is 0.360. The van der Waals surface area contributed by atoms with Crippen molar-refractivity contribution in [1.82, 2.24) is 20.1 Å². The predicted molar refractivity (Wildman–Crippen MR) is 122 cm³/mol. The number of urea groups is 1. The molecule has 6 heteroatoms. The number of hydrogen-bond acceptors (Lipinski definition) is 4. The summed E-state index contributed by atoms with van der Waals surface area (Å²) in [7, 11) is 0. The van der Waals surface area contributed by atoms with Gasteiger partial charge in [-0.1, -0.05) is 48.0 Å². The number of aromatic nitrogens is 1. The molecule has 2 aromatic carbocycles. The highest BCUT2D eigenvalue weighted by atomic mass is 16.4. The van der Waals surface area contributed by atoms with Crippen LogP contribution in [-0.4, -0.2) is 53.5 Å². The second-order valence-corrected chi connectivity index (χ2v) is 8.12. The van der Waals surface area contributed by atoms with Crippen molar-refractivity contribution in [2.45, 2.75) is 26.8 Å². The third-order valence-corrected chi connectivity index (χ3v) is 5.76. The molecule has 3 aromatic rings. The van der Waals surface area contributed by atoms with Crippen molar-refractivity contribution in [1.29, 1.82) is 0 Å². The number of hydrogen-bond donors (Lipinski definition) is 1. The lowest BCUT2D eigenvalue weighted by atomic mass is 10.1. The number of aryl methyl sites for hydroxylation is 2. The normalized spacial score (nSPS) is 14.6. The first-order valence-electron chi connectivity index (χ1n) is 10.9. The van der Waals surface area contributed by atoms with E-state index in [4.69, 9.17) is 9.40 Å². The van der Waals surface area contributed by atoms with Crippen LogP contribution in [0.3, 0.4) is 0 Å². The quantitative estimate of drug-likeness (QED) is 0.657. The minimum Gasteiger partial charge on any atom is -0.441 e. The maximum absolute atomic E-state index is 12.5. The summed E-state index contributed by atoms with van der Waals surface area (Å²) in [5.74, 6) is 1.53. The van der Waals surface area contributed by atoms with Gasteiger partial charge in [0.15, 0.2) is 0 Å². The van der Waals surface area contributed by atoms with E-state index in [1.54, 1.807) is 0 Å². The van der Waals surface area contributed by atoms with Crippen molar-refractivity contribution >= 4 is 6.03 Å². The first-order valence-corrected chi connectivity index (χ1v) is 10.9. The highest BCUT2D eigenvalue weighted by Gasteiger charge is 2.22. The SMILES string of the molecule is Cc1ccc(-c2nc(CN3CCN(C(=O)NCCc4ccccc4)CC3)c(C)o2)cc1. The Bertz CT molecular complexity index is 990. The van der Waals surface area contributed by atoms with Crippen LogP contribution in [0.25, 0.3) is 11.5 Å². The Morgan fingerprint density at radius 3 is 2.42 bits per heavy atom. The molecule has 0 atom stereocenters. The van der Waals surface area contributed by atoms with E-state index < -0.39 is 0 Å². The highest BCUT2D eigenvalue weighted by Crippen LogP contribution is 2.23. The van der Waals surface area contributed by atoms with Crippen molar-refractivity contribution in [2.24, 2.45) is 0 Å². The zero-order valence-corrected chi connectivity index (χ0v) is 18.3. The molecule has 1 saturated heterocycles. The van der Waals surface area contributed by atoms with E-state index in [1.807, 2.05) is 42.2 Å². The number of piperazine rings is 1. The van der Waals surface area contributed by atoms with Gasteiger partial charge in [-0.3, -0.25) is 4.90 Å². The molecule has 0 spiro atoms. The van der Waals surface area contributed by atoms with Crippen molar-refractivity contribution in [3.05, 3.63) is 77.2 Å². The molecule has 1 aliphatic heterocycles. The highest BCUT2D eigenvalue weighted by molar-refractivity contribution is 5.74. The summed E-state index contributed by atoms with van der Waals surface area (Å²) in [6.07, 6.45) is 0.849. The standard InChI is InChI=1S/C25H30N4O2/c1-19-8-10-22(11-9-19)24-27-23(20(2)31-24)18-28-14-16-29(17-15-28)25(30)26-13-12-21-6-4-3-5-7-21/h3-11H,12-18H2,1-2H3,(H,26,30). The third-order valence-electron chi connectivity index (χ3n) is 5.76. The van der Waals surface area contributed by atoms with Gasteiger partial charge in [0.1, 0.15) is 5.76 Å². The third kappa shape index (κ3) is 5.52. The first-order chi connectivity index (χ1) is 15.1. The second-order valence-electron chi connectivity index (χ2n) is 8.12. The summed E-state index contributed by atoms with van der Waals surface area (Å²) in [6.45, 7) is 8.54. The molecule has 31 heavy (non-hydrogen) atoms. The number of carbonyl (C=O) groups excluding carboxylic acids is 1. The molecule has 0 bridgehead atoms. The smallest absolute Gasteiger partial charge is 0.317 e. The number of benzene rings is 2. The maximum Gasteiger partial charge on any atom is 0.317 e. The van der Waals surface area contributed by atoms with E-state index in [0.29, 0.717) is 12.4 Å². The number of rotatable bonds is 6. The fourth-order valence-electron chi connectivity index (χ4n) is 3.79. The topological polar surface area (TPSA) is 61.6 Å². The summed E-state index contributed by atoms with van der Waals surface area (Å²) in [6, 6.07) is 18.5. The van der Waals surface area contributed by atoms with E-state index in [9.17, 15) is 4.79 Å². The average Bonchev–Trinajstić information content (AvgIpc) is 3.15. The van der Waals surface area contributed by atoms with Gasteiger partial charge < -0.3 is 14.6 Å². The van der Waals surface area contributed by atoms with E-state index in [0.717, 1.165) is 56.2 Å². The Hall–Kier alpha value is -3.12. The molecule has 0 unspecified atom stereocenters. The molecule has 1 fully saturated rings. The summed E-state index contributed by atoms with van der Waals surface area (Å²) in [4.78, 5) is 21.4. The minimum atomic E-state index is 0.0230. The van der Waals surface area contributed by atoms with Gasteiger partial charge in [0, 0.05) is 44.8 Å². The molecule has 6 nitrogen and oxygen atoms in total. The van der Waals surface area contributed by atoms with Crippen LogP contribution in [-0.2, 0) is 13.0 Å². The van der Waals surface area contributed by atoms with Crippen LogP contribution in [0.4, 0.5) is 4.79 Å². The average molecular weight is 419 g/mol. The molecular weight excluding hydrogens is 388 g/mol. The minimum absolute atomic E-state index is 0.0230. The molecule has 1 aromatic heterocycles. The lowest BCUT2D eigenvalue weighted by Crippen LogP contribution is -2.51. The Labute approximate surface area is 183 Å². The fourth-order valence-corrected chi connectivity index (χ4v) is 3.79. The van der Waals surface area contributed by atoms with Crippen molar-refractivity contribution in [3.8, 4) is 11.5 Å². The molecule has 1 N–H and O–H groups in total. The molecule has 0 aliphatic carbocycles. The lowest BCUT2D eigenvalue weighted by molar-refractivity contribution is 0.134. The Balaban J connectivity index is 1.24. The molecule has 0 radical (unpaired) electrons. The Kier molecular flexibility index (Phi) is 6.67. The molecule has 162 valence electrons. The van der Waals surface area contributed by atoms with E-state index >= 15 is 0 Å². The van der Waals surface area contributed by atoms with Crippen molar-refractivity contribution in [2.75, 3.05) is 32.7 Å². The summed E-state index contributed by atoms with van der Waals surface area (Å²) in [5.41, 5.74) is 4.42. The summed E-state index contributed by atoms with van der Waals surface area (Å²) >= 11 is 0. The molecule has 2 amide bonds. The van der Waals surface area contributed by atoms with E-state index in [1.165, 1.54) is 11.1 Å². The predicted octanol–water partition coefficient (Wildman–Crippen LogP) is 4.03. The molecule has 1 aliphatic rings. The summed E-state index contributed by atoms with van der Waals surface area (Å²) < 4.78 is 5.91. The zero-order chi connectivity index (χ0) is 21.6. The van der Waals surface area contributed by atoms with Gasteiger partial charge in [-0.15, -0.1) is 0 Å². The van der Waals surface area contributed by atoms with Crippen LogP contribution >= 0.6 is 0 Å². The monoisotopic (exact) mass is 418 g/mol. The molecule has 4 rings (SSSR count). The van der Waals surface area contributed by atoms with Gasteiger partial charge in [-0.2, -0.15) is 0 Å². The largest absolute Gasteiger partial charge is 0.441 e. The number of amides is 2. The van der Waals surface area contributed by atoms with Crippen LogP contribution < -0.4 is 5.32 Å². The van der Waals surface area contributed by atoms with Gasteiger partial charge in [-0.05, 0) is 38.0 Å². The van der Waals surface area contributed by atoms with E-state index in [2.05, 4.69) is 41.4 Å². The Morgan fingerprint density at radius 1 is 1.00 bits per heavy atom. The molecule has 0 saturated carbocycles. The lowest BCUT2D eigenvalue weighted by Gasteiger charge is -2.34. The first kappa shape index (κ1) is 21.1. The van der Waals surface area contributed by atoms with Crippen molar-refractivity contribution < 1.29 is 9.21 Å². The van der Waals surface area contributed by atoms with Gasteiger partial charge in [0.05, 0.1) is 5.69 Å². The van der Waals surface area contributed by atoms with Gasteiger partial charge >= 0.3 is 6.03 Å².